The smallest absolute Gasteiger partial charge is 0.127 e. The SMILES string of the molecule is CC(C)(C)c1ccccc1F.COc1cc(C)ccc1C(C)(C)C.Cc1cc(Oc2ccc(C(C)(C)C)cc2)ccc1F.Cc1ccc(C(C)(C)C)c(F)c1.Cc1ccc(C(C)(C)C)cc1.Cc1ccc(C(C)(C)C)cc1.Cc1ccc(C(C)(C)C)cc1F.Cc1ccc(Oc2ccc(C(C)(C)C)cc2)cc1.Cc1cccc(C(C)(C)C)c1.Cc1cccc(Oc2ccc(C(C)(C)C)cc2)c1. The van der Waals surface area contributed by atoms with E-state index in [0.717, 1.165) is 56.8 Å². The number of halogens is 4. The summed E-state index contributed by atoms with van der Waals surface area (Å²) in [5.74, 6) is 5.41. The molecule has 0 aliphatic rings. The van der Waals surface area contributed by atoms with Crippen molar-refractivity contribution in [3.05, 3.63) is 420 Å². The predicted octanol–water partition coefficient (Wildman–Crippen LogP) is 38.6. The highest BCUT2D eigenvalue weighted by Crippen LogP contribution is 2.36. The van der Waals surface area contributed by atoms with Crippen LogP contribution in [0, 0.1) is 85.6 Å². The Kier molecular flexibility index (Phi) is 44.1. The fourth-order valence-corrected chi connectivity index (χ4v) is 13.4. The molecule has 0 aliphatic heterocycles. The van der Waals surface area contributed by atoms with Crippen molar-refractivity contribution in [3.63, 3.8) is 0 Å². The van der Waals surface area contributed by atoms with E-state index in [0.29, 0.717) is 16.9 Å². The van der Waals surface area contributed by atoms with Crippen LogP contribution in [0.25, 0.3) is 0 Å². The summed E-state index contributed by atoms with van der Waals surface area (Å²) in [6, 6.07) is 95.9. The molecule has 4 nitrogen and oxygen atoms in total. The number of benzene rings is 13. The maximum absolute atomic E-state index is 13.3. The molecule has 0 unspecified atom stereocenters. The lowest BCUT2D eigenvalue weighted by Crippen LogP contribution is -2.13. The summed E-state index contributed by atoms with van der Waals surface area (Å²) in [4.78, 5) is 0. The Morgan fingerprint density at radius 3 is 0.765 bits per heavy atom. The lowest BCUT2D eigenvalue weighted by molar-refractivity contribution is 0.397. The van der Waals surface area contributed by atoms with Gasteiger partial charge in [0.1, 0.15) is 63.5 Å². The maximum atomic E-state index is 13.3. The number of rotatable bonds is 7. The van der Waals surface area contributed by atoms with Crippen LogP contribution in [-0.4, -0.2) is 7.11 Å². The van der Waals surface area contributed by atoms with Crippen LogP contribution in [0.3, 0.4) is 0 Å². The first-order chi connectivity index (χ1) is 62.5. The second-order valence-electron chi connectivity index (χ2n) is 46.2. The van der Waals surface area contributed by atoms with Crippen LogP contribution in [0.4, 0.5) is 17.6 Å². The zero-order valence-electron chi connectivity index (χ0n) is 90.9. The molecule has 0 aliphatic carbocycles. The van der Waals surface area contributed by atoms with E-state index in [4.69, 9.17) is 18.9 Å². The summed E-state index contributed by atoms with van der Waals surface area (Å²) in [6.07, 6.45) is 0. The Morgan fingerprint density at radius 1 is 0.169 bits per heavy atom. The van der Waals surface area contributed by atoms with Gasteiger partial charge in [0.15, 0.2) is 0 Å². The highest BCUT2D eigenvalue weighted by molar-refractivity contribution is 5.44. The number of hydrogen-bond acceptors (Lipinski definition) is 4. The van der Waals surface area contributed by atoms with Crippen LogP contribution in [-0.2, 0) is 54.1 Å². The minimum atomic E-state index is -0.213. The van der Waals surface area contributed by atoms with E-state index in [1.165, 1.54) is 84.5 Å². The van der Waals surface area contributed by atoms with Gasteiger partial charge in [0.05, 0.1) is 7.11 Å². The van der Waals surface area contributed by atoms with Crippen molar-refractivity contribution in [1.82, 2.24) is 0 Å². The van der Waals surface area contributed by atoms with E-state index in [9.17, 15) is 17.6 Å². The molecular weight excluding hydrogens is 1680 g/mol. The molecule has 13 aromatic rings. The maximum Gasteiger partial charge on any atom is 0.127 e. The molecule has 8 heteroatoms. The first-order valence-electron chi connectivity index (χ1n) is 47.9. The fourth-order valence-electron chi connectivity index (χ4n) is 13.4. The number of hydrogen-bond donors (Lipinski definition) is 0. The summed E-state index contributed by atoms with van der Waals surface area (Å²) in [5.41, 5.74) is 23.3. The molecule has 0 heterocycles. The minimum Gasteiger partial charge on any atom is -0.496 e. The third-order valence-electron chi connectivity index (χ3n) is 22.5. The van der Waals surface area contributed by atoms with Crippen molar-refractivity contribution in [2.24, 2.45) is 0 Å². The normalized spacial score (nSPS) is 11.5. The molecule has 0 saturated heterocycles. The van der Waals surface area contributed by atoms with Crippen molar-refractivity contribution in [2.75, 3.05) is 7.11 Å². The summed E-state index contributed by atoms with van der Waals surface area (Å²) < 4.78 is 75.4. The van der Waals surface area contributed by atoms with Crippen molar-refractivity contribution < 1.29 is 36.5 Å². The molecule has 0 atom stereocenters. The molecule has 0 spiro atoms. The van der Waals surface area contributed by atoms with Crippen molar-refractivity contribution in [3.8, 4) is 40.2 Å². The highest BCUT2D eigenvalue weighted by atomic mass is 19.1. The third-order valence-corrected chi connectivity index (χ3v) is 22.5. The van der Waals surface area contributed by atoms with Crippen LogP contribution >= 0.6 is 0 Å². The zero-order valence-corrected chi connectivity index (χ0v) is 90.9. The van der Waals surface area contributed by atoms with Gasteiger partial charge in [-0.3, -0.25) is 0 Å². The van der Waals surface area contributed by atoms with E-state index in [-0.39, 0.29) is 77.4 Å². The molecule has 732 valence electrons. The Bertz CT molecular complexity index is 5670. The molecule has 0 saturated carbocycles. The van der Waals surface area contributed by atoms with Crippen molar-refractivity contribution in [2.45, 2.75) is 324 Å². The van der Waals surface area contributed by atoms with Gasteiger partial charge in [0, 0.05) is 0 Å². The van der Waals surface area contributed by atoms with Gasteiger partial charge in [-0.1, -0.05) is 418 Å². The second-order valence-corrected chi connectivity index (χ2v) is 46.2. The Morgan fingerprint density at radius 2 is 0.449 bits per heavy atom. The number of aryl methyl sites for hydroxylation is 9. The summed E-state index contributed by atoms with van der Waals surface area (Å²) in [7, 11) is 1.73. The van der Waals surface area contributed by atoms with Crippen LogP contribution < -0.4 is 18.9 Å². The molecular formula is C128H168F4O4. The predicted molar refractivity (Wildman–Crippen MR) is 580 cm³/mol. The van der Waals surface area contributed by atoms with E-state index in [2.05, 4.69) is 353 Å². The largest absolute Gasteiger partial charge is 0.496 e. The Labute approximate surface area is 823 Å². The van der Waals surface area contributed by atoms with E-state index in [1.807, 2.05) is 152 Å². The molecule has 0 radical (unpaired) electrons. The van der Waals surface area contributed by atoms with Crippen LogP contribution in [0.15, 0.2) is 291 Å². The van der Waals surface area contributed by atoms with E-state index in [1.54, 1.807) is 51.3 Å². The Hall–Kier alpha value is -11.2. The van der Waals surface area contributed by atoms with Gasteiger partial charge in [-0.2, -0.15) is 0 Å². The lowest BCUT2D eigenvalue weighted by Gasteiger charge is -2.22. The molecule has 0 aromatic heterocycles. The molecule has 0 fully saturated rings. The van der Waals surface area contributed by atoms with E-state index >= 15 is 0 Å². The van der Waals surface area contributed by atoms with Crippen LogP contribution in [0.2, 0.25) is 0 Å². The van der Waals surface area contributed by atoms with Gasteiger partial charge in [-0.15, -0.1) is 0 Å². The molecule has 13 rings (SSSR count). The average molecular weight is 1850 g/mol. The standard InChI is InChI=1S/C17H19FO.2C17H20O.C12H18O.2C11H15F.3C11H16.C10H13F/c1-12-11-15(9-10-16(12)18)19-14-7-5-13(6-8-14)17(2,3)4;1-13-5-9-15(10-6-13)18-16-11-7-14(8-12-16)17(2,3)4;1-13-6-5-7-16(12-13)18-15-10-8-14(9-11-15)17(2,3)4;1-9-6-7-10(12(2,3)4)11(8-9)13-5;1-8-5-6-9(7-10(8)12)11(2,3)4;1-8-5-6-9(10(12)7-8)11(2,3)4;2*1-9-5-7-10(8-6-9)11(2,3)4;1-9-6-5-7-10(8-9)11(2,3)4;1-10(2,3)8-6-4-5-7-9(8)11/h5-11H,1-4H3;2*5-12H,1-4H3;6-8H,1-5H3;2*5-7H,1-4H3;3*5-8H,1-4H3;4-7H,1-3H3. The van der Waals surface area contributed by atoms with Gasteiger partial charge in [0.2, 0.25) is 0 Å². The molecule has 0 bridgehead atoms. The molecule has 0 N–H and O–H groups in total. The molecule has 13 aromatic carbocycles. The van der Waals surface area contributed by atoms with Crippen molar-refractivity contribution >= 4 is 0 Å². The van der Waals surface area contributed by atoms with Crippen LogP contribution in [0.1, 0.15) is 313 Å². The van der Waals surface area contributed by atoms with Gasteiger partial charge in [-0.05, 0) is 303 Å². The summed E-state index contributed by atoms with van der Waals surface area (Å²) in [6.45, 7) is 82.8. The topological polar surface area (TPSA) is 36.9 Å². The summed E-state index contributed by atoms with van der Waals surface area (Å²) >= 11 is 0. The van der Waals surface area contributed by atoms with Crippen LogP contribution in [0.5, 0.6) is 40.2 Å². The first kappa shape index (κ1) is 117. The zero-order chi connectivity index (χ0) is 103. The van der Waals surface area contributed by atoms with Gasteiger partial charge in [0.25, 0.3) is 0 Å². The highest BCUT2D eigenvalue weighted by Gasteiger charge is 2.23. The Balaban J connectivity index is 0.000000318. The van der Waals surface area contributed by atoms with Gasteiger partial charge < -0.3 is 18.9 Å². The number of ether oxygens (including phenoxy) is 4. The average Bonchev–Trinajstić information content (AvgIpc) is 0.819. The first-order valence-corrected chi connectivity index (χ1v) is 47.9. The van der Waals surface area contributed by atoms with Gasteiger partial charge >= 0.3 is 0 Å². The monoisotopic (exact) mass is 1850 g/mol. The number of methoxy groups -OCH3 is 1. The second kappa shape index (κ2) is 51.3. The minimum absolute atomic E-state index is 0.0362. The molecule has 136 heavy (non-hydrogen) atoms. The van der Waals surface area contributed by atoms with Gasteiger partial charge in [-0.25, -0.2) is 17.6 Å². The van der Waals surface area contributed by atoms with Crippen molar-refractivity contribution in [1.29, 1.82) is 0 Å². The third kappa shape index (κ3) is 43.0. The van der Waals surface area contributed by atoms with E-state index < -0.39 is 0 Å². The fraction of sp³-hybridized carbons (Fsp3) is 0.391. The quantitative estimate of drug-likeness (QED) is 0.149. The lowest BCUT2D eigenvalue weighted by atomic mass is 9.86. The molecule has 0 amide bonds. The summed E-state index contributed by atoms with van der Waals surface area (Å²) in [5, 5.41) is 0.